The first-order valence-corrected chi connectivity index (χ1v) is 6.93. The molecule has 0 unspecified atom stereocenters. The van der Waals surface area contributed by atoms with Gasteiger partial charge in [-0.1, -0.05) is 36.8 Å². The maximum absolute atomic E-state index is 10.5. The summed E-state index contributed by atoms with van der Waals surface area (Å²) in [5, 5.41) is 0. The van der Waals surface area contributed by atoms with Gasteiger partial charge in [0.2, 0.25) is 0 Å². The number of carbonyl (C=O) groups is 1. The van der Waals surface area contributed by atoms with E-state index in [9.17, 15) is 4.79 Å². The Morgan fingerprint density at radius 3 is 1.90 bits per heavy atom. The van der Waals surface area contributed by atoms with Gasteiger partial charge in [0.1, 0.15) is 11.5 Å². The molecule has 112 valence electrons. The first-order chi connectivity index (χ1) is 10.0. The van der Waals surface area contributed by atoms with E-state index < -0.39 is 0 Å². The average molecular weight is 286 g/mol. The fourth-order valence-corrected chi connectivity index (χ4v) is 1.63. The van der Waals surface area contributed by atoms with E-state index in [0.717, 1.165) is 17.7 Å². The zero-order chi connectivity index (χ0) is 15.7. The van der Waals surface area contributed by atoms with Gasteiger partial charge in [-0.05, 0) is 43.2 Å². The van der Waals surface area contributed by atoms with Crippen LogP contribution in [0.3, 0.4) is 0 Å². The molecule has 3 heteroatoms. The molecule has 0 saturated carbocycles. The minimum absolute atomic E-state index is 0.283. The van der Waals surface area contributed by atoms with E-state index in [0.29, 0.717) is 5.75 Å². The van der Waals surface area contributed by atoms with Crippen molar-refractivity contribution in [2.24, 2.45) is 0 Å². The second kappa shape index (κ2) is 8.80. The summed E-state index contributed by atoms with van der Waals surface area (Å²) in [5.41, 5.74) is 2.50. The van der Waals surface area contributed by atoms with Crippen LogP contribution in [-0.2, 0) is 11.2 Å². The van der Waals surface area contributed by atoms with E-state index in [1.165, 1.54) is 12.5 Å². The molecule has 0 aliphatic rings. The van der Waals surface area contributed by atoms with Gasteiger partial charge in [-0.3, -0.25) is 4.79 Å². The number of ether oxygens (including phenoxy) is 2. The van der Waals surface area contributed by atoms with Crippen molar-refractivity contribution in [1.29, 1.82) is 0 Å². The quantitative estimate of drug-likeness (QED) is 0.627. The summed E-state index contributed by atoms with van der Waals surface area (Å²) in [4.78, 5) is 10.5. The minimum Gasteiger partial charge on any atom is -0.497 e. The lowest BCUT2D eigenvalue weighted by Crippen LogP contribution is -2.00. The van der Waals surface area contributed by atoms with E-state index in [1.54, 1.807) is 19.2 Å². The predicted octanol–water partition coefficient (Wildman–Crippen LogP) is 4.18. The Morgan fingerprint density at radius 1 is 0.952 bits per heavy atom. The van der Waals surface area contributed by atoms with E-state index in [1.807, 2.05) is 31.2 Å². The van der Waals surface area contributed by atoms with Crippen LogP contribution >= 0.6 is 0 Å². The summed E-state index contributed by atoms with van der Waals surface area (Å²) in [5.74, 6) is 1.24. The number of rotatable bonds is 3. The van der Waals surface area contributed by atoms with Gasteiger partial charge in [-0.25, -0.2) is 0 Å². The molecule has 0 atom stereocenters. The van der Waals surface area contributed by atoms with Crippen LogP contribution in [0.2, 0.25) is 0 Å². The van der Waals surface area contributed by atoms with Gasteiger partial charge in [-0.15, -0.1) is 0 Å². The maximum atomic E-state index is 10.5. The number of esters is 1. The third-order valence-electron chi connectivity index (χ3n) is 2.85. The monoisotopic (exact) mass is 286 g/mol. The van der Waals surface area contributed by atoms with Crippen molar-refractivity contribution in [2.45, 2.75) is 27.2 Å². The molecule has 0 radical (unpaired) electrons. The first-order valence-electron chi connectivity index (χ1n) is 6.93. The van der Waals surface area contributed by atoms with Crippen LogP contribution in [0.1, 0.15) is 25.0 Å². The van der Waals surface area contributed by atoms with Crippen LogP contribution in [0, 0.1) is 6.92 Å². The molecule has 3 nitrogen and oxygen atoms in total. The number of aryl methyl sites for hydroxylation is 2. The largest absolute Gasteiger partial charge is 0.497 e. The second-order valence-electron chi connectivity index (χ2n) is 4.61. The Bertz CT molecular complexity index is 519. The Labute approximate surface area is 126 Å². The summed E-state index contributed by atoms with van der Waals surface area (Å²) >= 11 is 0. The molecule has 2 rings (SSSR count). The molecule has 0 aliphatic carbocycles. The van der Waals surface area contributed by atoms with Gasteiger partial charge in [0.05, 0.1) is 7.11 Å². The average Bonchev–Trinajstić information content (AvgIpc) is 2.50. The molecule has 2 aromatic rings. The van der Waals surface area contributed by atoms with Crippen LogP contribution in [0.4, 0.5) is 0 Å². The molecule has 21 heavy (non-hydrogen) atoms. The van der Waals surface area contributed by atoms with Crippen LogP contribution < -0.4 is 9.47 Å². The highest BCUT2D eigenvalue weighted by molar-refractivity contribution is 5.69. The maximum Gasteiger partial charge on any atom is 0.308 e. The summed E-state index contributed by atoms with van der Waals surface area (Å²) in [6.07, 6.45) is 1.09. The van der Waals surface area contributed by atoms with Gasteiger partial charge < -0.3 is 9.47 Å². The lowest BCUT2D eigenvalue weighted by Gasteiger charge is -1.99. The molecular weight excluding hydrogens is 264 g/mol. The van der Waals surface area contributed by atoms with E-state index >= 15 is 0 Å². The fraction of sp³-hybridized carbons (Fsp3) is 0.278. The summed E-state index contributed by atoms with van der Waals surface area (Å²) in [7, 11) is 1.68. The summed E-state index contributed by atoms with van der Waals surface area (Å²) in [6, 6.07) is 15.5. The lowest BCUT2D eigenvalue weighted by molar-refractivity contribution is -0.131. The Morgan fingerprint density at radius 2 is 1.48 bits per heavy atom. The zero-order valence-corrected chi connectivity index (χ0v) is 13.1. The Hall–Kier alpha value is -2.29. The molecule has 0 spiro atoms. The van der Waals surface area contributed by atoms with Crippen LogP contribution in [0.15, 0.2) is 48.5 Å². The van der Waals surface area contributed by atoms with Crippen molar-refractivity contribution in [2.75, 3.05) is 7.11 Å². The second-order valence-corrected chi connectivity index (χ2v) is 4.61. The molecule has 0 bridgehead atoms. The van der Waals surface area contributed by atoms with E-state index in [4.69, 9.17) is 9.47 Å². The number of carbonyl (C=O) groups excluding carboxylic acids is 1. The van der Waals surface area contributed by atoms with Crippen LogP contribution in [0.5, 0.6) is 11.5 Å². The van der Waals surface area contributed by atoms with E-state index in [2.05, 4.69) is 19.1 Å². The van der Waals surface area contributed by atoms with Crippen LogP contribution in [0.25, 0.3) is 0 Å². The molecule has 0 fully saturated rings. The third-order valence-corrected chi connectivity index (χ3v) is 2.85. The topological polar surface area (TPSA) is 35.5 Å². The van der Waals surface area contributed by atoms with Crippen molar-refractivity contribution in [3.63, 3.8) is 0 Å². The van der Waals surface area contributed by atoms with Gasteiger partial charge in [0, 0.05) is 6.92 Å². The molecule has 0 heterocycles. The molecule has 0 N–H and O–H groups in total. The third kappa shape index (κ3) is 6.61. The fourth-order valence-electron chi connectivity index (χ4n) is 1.63. The van der Waals surface area contributed by atoms with Gasteiger partial charge >= 0.3 is 5.97 Å². The number of methoxy groups -OCH3 is 1. The zero-order valence-electron chi connectivity index (χ0n) is 13.1. The molecule has 2 aromatic carbocycles. The highest BCUT2D eigenvalue weighted by atomic mass is 16.5. The Kier molecular flexibility index (Phi) is 7.02. The van der Waals surface area contributed by atoms with Crippen molar-refractivity contribution < 1.29 is 14.3 Å². The Balaban J connectivity index is 0.000000211. The van der Waals surface area contributed by atoms with Gasteiger partial charge in [-0.2, -0.15) is 0 Å². The molecular formula is C18H22O3. The lowest BCUT2D eigenvalue weighted by atomic mass is 10.2. The molecule has 0 aliphatic heterocycles. The van der Waals surface area contributed by atoms with Crippen molar-refractivity contribution >= 4 is 5.97 Å². The SMILES string of the molecule is CC(=O)Oc1ccc(C)cc1.CCc1ccc(OC)cc1. The number of benzene rings is 2. The number of hydrogen-bond acceptors (Lipinski definition) is 3. The van der Waals surface area contributed by atoms with E-state index in [-0.39, 0.29) is 5.97 Å². The smallest absolute Gasteiger partial charge is 0.308 e. The van der Waals surface area contributed by atoms with Crippen molar-refractivity contribution in [3.8, 4) is 11.5 Å². The number of hydrogen-bond donors (Lipinski definition) is 0. The molecule has 0 saturated heterocycles. The van der Waals surface area contributed by atoms with Crippen molar-refractivity contribution in [3.05, 3.63) is 59.7 Å². The summed E-state index contributed by atoms with van der Waals surface area (Å²) in [6.45, 7) is 5.51. The van der Waals surface area contributed by atoms with Gasteiger partial charge in [0.25, 0.3) is 0 Å². The minimum atomic E-state index is -0.283. The standard InChI is InChI=1S/C9H10O2.C9H12O/c1-7-3-5-9(6-4-7)11-8(2)10;1-3-8-4-6-9(10-2)7-5-8/h3-6H,1-2H3;4-7H,3H2,1-2H3. The van der Waals surface area contributed by atoms with Crippen molar-refractivity contribution in [1.82, 2.24) is 0 Å². The highest BCUT2D eigenvalue weighted by Gasteiger charge is 1.95. The molecule has 0 aromatic heterocycles. The predicted molar refractivity (Wildman–Crippen MR) is 84.9 cm³/mol. The van der Waals surface area contributed by atoms with Crippen LogP contribution in [-0.4, -0.2) is 13.1 Å². The molecule has 0 amide bonds. The highest BCUT2D eigenvalue weighted by Crippen LogP contribution is 2.11. The first kappa shape index (κ1) is 16.8. The van der Waals surface area contributed by atoms with Gasteiger partial charge in [0.15, 0.2) is 0 Å². The normalized spacial score (nSPS) is 9.33. The summed E-state index contributed by atoms with van der Waals surface area (Å²) < 4.78 is 9.84.